The van der Waals surface area contributed by atoms with E-state index in [-0.39, 0.29) is 32.3 Å². The molecule has 2 atom stereocenters. The summed E-state index contributed by atoms with van der Waals surface area (Å²) in [5, 5.41) is 0. The fourth-order valence-electron chi connectivity index (χ4n) is 5.89. The average molecular weight is 756 g/mol. The second-order valence-corrected chi connectivity index (χ2v) is 15.7. The predicted molar refractivity (Wildman–Crippen MR) is 219 cm³/mol. The first-order valence-corrected chi connectivity index (χ1v) is 23.0. The zero-order valence-electron chi connectivity index (χ0n) is 33.8. The maximum absolute atomic E-state index is 12.6. The Morgan fingerprint density at radius 1 is 0.577 bits per heavy atom. The molecule has 0 aromatic heterocycles. The zero-order chi connectivity index (χ0) is 38.1. The van der Waals surface area contributed by atoms with Crippen molar-refractivity contribution in [1.82, 2.24) is 0 Å². The minimum absolute atomic E-state index is 0.0283. The molecule has 8 nitrogen and oxygen atoms in total. The largest absolute Gasteiger partial charge is 0.498 e. The van der Waals surface area contributed by atoms with Crippen molar-refractivity contribution in [3.05, 3.63) is 36.6 Å². The molecule has 0 rings (SSSR count). The number of rotatable bonds is 41. The van der Waals surface area contributed by atoms with E-state index < -0.39 is 13.9 Å². The molecule has 0 spiro atoms. The lowest BCUT2D eigenvalue weighted by Crippen LogP contribution is -2.27. The monoisotopic (exact) mass is 756 g/mol. The number of allylic oxidation sites excluding steroid dienone is 5. The van der Waals surface area contributed by atoms with Gasteiger partial charge in [0.25, 0.3) is 0 Å². The van der Waals surface area contributed by atoms with Crippen LogP contribution in [0.5, 0.6) is 0 Å². The van der Waals surface area contributed by atoms with Crippen molar-refractivity contribution in [3.63, 3.8) is 0 Å². The first kappa shape index (κ1) is 50.6. The van der Waals surface area contributed by atoms with Crippen LogP contribution in [0.3, 0.4) is 0 Å². The minimum Gasteiger partial charge on any atom is -0.498 e. The molecule has 0 aliphatic rings. The molecule has 0 aromatic carbocycles. The van der Waals surface area contributed by atoms with Gasteiger partial charge in [-0.15, -0.1) is 0 Å². The van der Waals surface area contributed by atoms with Crippen molar-refractivity contribution in [2.24, 2.45) is 5.73 Å². The summed E-state index contributed by atoms with van der Waals surface area (Å²) in [6.07, 6.45) is 46.8. The molecule has 0 amide bonds. The van der Waals surface area contributed by atoms with Crippen LogP contribution in [0.25, 0.3) is 0 Å². The summed E-state index contributed by atoms with van der Waals surface area (Å²) in [6, 6.07) is 0. The van der Waals surface area contributed by atoms with Crippen LogP contribution in [0.4, 0.5) is 0 Å². The van der Waals surface area contributed by atoms with Crippen molar-refractivity contribution in [2.75, 3.05) is 26.4 Å². The van der Waals surface area contributed by atoms with E-state index in [1.54, 1.807) is 6.26 Å². The van der Waals surface area contributed by atoms with Gasteiger partial charge in [0.05, 0.1) is 19.5 Å². The highest BCUT2D eigenvalue weighted by molar-refractivity contribution is 7.47. The highest BCUT2D eigenvalue weighted by atomic mass is 31.2. The van der Waals surface area contributed by atoms with Crippen molar-refractivity contribution in [3.8, 4) is 0 Å². The highest BCUT2D eigenvalue weighted by Crippen LogP contribution is 2.43. The first-order chi connectivity index (χ1) is 25.4. The molecular weight excluding hydrogens is 673 g/mol. The molecule has 0 fully saturated rings. The number of carbonyl (C=O) groups excluding carboxylic acids is 1. The van der Waals surface area contributed by atoms with E-state index in [9.17, 15) is 14.3 Å². The van der Waals surface area contributed by atoms with E-state index in [2.05, 4.69) is 38.2 Å². The van der Waals surface area contributed by atoms with Crippen LogP contribution in [-0.2, 0) is 27.9 Å². The van der Waals surface area contributed by atoms with Crippen LogP contribution in [0, 0.1) is 0 Å². The molecule has 0 aliphatic heterocycles. The molecule has 1 unspecified atom stereocenters. The Hall–Kier alpha value is -1.44. The van der Waals surface area contributed by atoms with E-state index in [1.165, 1.54) is 148 Å². The third-order valence-electron chi connectivity index (χ3n) is 9.09. The van der Waals surface area contributed by atoms with Gasteiger partial charge < -0.3 is 20.1 Å². The molecule has 9 heteroatoms. The maximum atomic E-state index is 12.6. The molecule has 0 aliphatic carbocycles. The predicted octanol–water partition coefficient (Wildman–Crippen LogP) is 13.0. The fraction of sp³-hybridized carbons (Fsp3) is 0.837. The van der Waals surface area contributed by atoms with Crippen LogP contribution in [-0.4, -0.2) is 43.3 Å². The Labute approximate surface area is 320 Å². The molecule has 3 N–H and O–H groups in total. The Morgan fingerprint density at radius 3 is 1.44 bits per heavy atom. The lowest BCUT2D eigenvalue weighted by molar-refractivity contribution is -0.153. The van der Waals surface area contributed by atoms with Crippen molar-refractivity contribution in [1.29, 1.82) is 0 Å². The summed E-state index contributed by atoms with van der Waals surface area (Å²) in [7, 11) is -4.29. The van der Waals surface area contributed by atoms with Gasteiger partial charge in [0.2, 0.25) is 0 Å². The summed E-state index contributed by atoms with van der Waals surface area (Å²) >= 11 is 0. The van der Waals surface area contributed by atoms with E-state index in [0.717, 1.165) is 32.1 Å². The Morgan fingerprint density at radius 2 is 0.981 bits per heavy atom. The number of nitrogens with two attached hydrogens (primary N) is 1. The summed E-state index contributed by atoms with van der Waals surface area (Å²) < 4.78 is 33.2. The van der Waals surface area contributed by atoms with Crippen molar-refractivity contribution in [2.45, 2.75) is 206 Å². The number of unbranched alkanes of at least 4 members (excludes halogenated alkanes) is 24. The number of esters is 1. The van der Waals surface area contributed by atoms with Crippen LogP contribution >= 0.6 is 7.82 Å². The van der Waals surface area contributed by atoms with Crippen molar-refractivity contribution >= 4 is 13.8 Å². The normalized spacial score (nSPS) is 13.8. The van der Waals surface area contributed by atoms with Crippen LogP contribution in [0.15, 0.2) is 36.6 Å². The number of carbonyl (C=O) groups is 1. The van der Waals surface area contributed by atoms with Gasteiger partial charge >= 0.3 is 13.8 Å². The third-order valence-corrected chi connectivity index (χ3v) is 10.1. The summed E-state index contributed by atoms with van der Waals surface area (Å²) in [6.45, 7) is 4.22. The van der Waals surface area contributed by atoms with Crippen molar-refractivity contribution < 1.29 is 32.8 Å². The smallest absolute Gasteiger partial charge is 0.472 e. The minimum atomic E-state index is -4.29. The molecule has 0 heterocycles. The number of ether oxygens (including phenoxy) is 2. The Balaban J connectivity index is 4.09. The quantitative estimate of drug-likeness (QED) is 0.0208. The van der Waals surface area contributed by atoms with Gasteiger partial charge in [0.15, 0.2) is 6.10 Å². The van der Waals surface area contributed by atoms with Gasteiger partial charge in [-0.3, -0.25) is 13.8 Å². The third kappa shape index (κ3) is 39.8. The van der Waals surface area contributed by atoms with Crippen LogP contribution in [0.1, 0.15) is 200 Å². The standard InChI is InChI=1S/C43H82NO7P/c1-3-5-7-9-11-13-15-17-19-21-22-24-26-28-30-32-34-36-43(45)51-42(41-50-52(46,47)49-39-37-44)40-48-38-35-33-31-29-27-25-23-20-18-16-14-12-10-8-6-4-2/h14,16-17,19,35,38,42H,3-13,15,18,20-34,36-37,39-41,44H2,1-2H3,(H,46,47)/b16-14-,19-17-,38-35-/t42-/m1/s1. The highest BCUT2D eigenvalue weighted by Gasteiger charge is 2.25. The molecule has 0 bridgehead atoms. The van der Waals surface area contributed by atoms with E-state index in [0.29, 0.717) is 6.42 Å². The molecule has 0 saturated heterocycles. The zero-order valence-corrected chi connectivity index (χ0v) is 34.7. The molecule has 0 radical (unpaired) electrons. The molecule has 52 heavy (non-hydrogen) atoms. The van der Waals surface area contributed by atoms with Gasteiger partial charge in [0, 0.05) is 13.0 Å². The van der Waals surface area contributed by atoms with E-state index in [1.807, 2.05) is 6.08 Å². The van der Waals surface area contributed by atoms with Gasteiger partial charge in [0.1, 0.15) is 6.61 Å². The molecule has 0 aromatic rings. The van der Waals surface area contributed by atoms with Gasteiger partial charge in [-0.2, -0.15) is 0 Å². The lowest BCUT2D eigenvalue weighted by atomic mass is 10.1. The fourth-order valence-corrected chi connectivity index (χ4v) is 6.66. The number of phosphoric acid groups is 1. The number of hydrogen-bond donors (Lipinski definition) is 2. The summed E-state index contributed by atoms with van der Waals surface area (Å²) in [5.41, 5.74) is 5.36. The van der Waals surface area contributed by atoms with Crippen LogP contribution < -0.4 is 5.73 Å². The lowest BCUT2D eigenvalue weighted by Gasteiger charge is -2.19. The SMILES string of the molecule is CCCCCC/C=C\CCCCCCCC/C=C\OC[C@H](COP(=O)(O)OCCN)OC(=O)CCCCCCCCC/C=C\CCCCCCCC. The molecular formula is C43H82NO7P. The Kier molecular flexibility index (Phi) is 39.6. The van der Waals surface area contributed by atoms with E-state index >= 15 is 0 Å². The average Bonchev–Trinajstić information content (AvgIpc) is 3.13. The van der Waals surface area contributed by atoms with Gasteiger partial charge in [-0.05, 0) is 76.7 Å². The molecule has 0 saturated carbocycles. The van der Waals surface area contributed by atoms with E-state index in [4.69, 9.17) is 24.3 Å². The second-order valence-electron chi connectivity index (χ2n) is 14.3. The second kappa shape index (κ2) is 40.7. The van der Waals surface area contributed by atoms with Gasteiger partial charge in [-0.25, -0.2) is 4.57 Å². The first-order valence-electron chi connectivity index (χ1n) is 21.5. The topological polar surface area (TPSA) is 117 Å². The number of hydrogen-bond acceptors (Lipinski definition) is 7. The summed E-state index contributed by atoms with van der Waals surface area (Å²) in [4.78, 5) is 22.4. The van der Waals surface area contributed by atoms with Crippen LogP contribution in [0.2, 0.25) is 0 Å². The Bertz CT molecular complexity index is 895. The van der Waals surface area contributed by atoms with Gasteiger partial charge in [-0.1, -0.05) is 147 Å². The summed E-state index contributed by atoms with van der Waals surface area (Å²) in [5.74, 6) is -0.358. The maximum Gasteiger partial charge on any atom is 0.472 e. The number of phosphoric ester groups is 1. The molecule has 306 valence electrons.